The van der Waals surface area contributed by atoms with Gasteiger partial charge in [0.2, 0.25) is 5.89 Å². The van der Waals surface area contributed by atoms with Crippen LogP contribution in [0.5, 0.6) is 0 Å². The van der Waals surface area contributed by atoms with Crippen LogP contribution in [0.4, 0.5) is 13.2 Å². The molecule has 0 fully saturated rings. The van der Waals surface area contributed by atoms with Gasteiger partial charge in [-0.1, -0.05) is 23.2 Å². The number of hydrogen-bond donors (Lipinski definition) is 0. The van der Waals surface area contributed by atoms with Crippen LogP contribution in [0.25, 0.3) is 17.3 Å². The first-order valence-electron chi connectivity index (χ1n) is 6.35. The first kappa shape index (κ1) is 16.5. The predicted molar refractivity (Wildman–Crippen MR) is 80.4 cm³/mol. The second kappa shape index (κ2) is 5.95. The van der Waals surface area contributed by atoms with Crippen molar-refractivity contribution in [3.63, 3.8) is 0 Å². The molecule has 124 valence electrons. The van der Waals surface area contributed by atoms with Gasteiger partial charge in [0.15, 0.2) is 5.82 Å². The van der Waals surface area contributed by atoms with Crippen molar-refractivity contribution in [2.24, 2.45) is 0 Å². The van der Waals surface area contributed by atoms with Gasteiger partial charge in [0, 0.05) is 11.8 Å². The average molecular weight is 376 g/mol. The van der Waals surface area contributed by atoms with Crippen LogP contribution in [-0.2, 0) is 6.18 Å². The quantitative estimate of drug-likeness (QED) is 0.672. The molecule has 0 radical (unpaired) electrons. The number of rotatable bonds is 2. The van der Waals surface area contributed by atoms with E-state index in [4.69, 9.17) is 27.6 Å². The Morgan fingerprint density at radius 1 is 1.08 bits per heavy atom. The minimum Gasteiger partial charge on any atom is -0.387 e. The van der Waals surface area contributed by atoms with Gasteiger partial charge in [-0.25, -0.2) is 9.78 Å². The molecule has 2 aromatic heterocycles. The van der Waals surface area contributed by atoms with Gasteiger partial charge in [0.1, 0.15) is 0 Å². The summed E-state index contributed by atoms with van der Waals surface area (Å²) < 4.78 is 43.3. The van der Waals surface area contributed by atoms with Gasteiger partial charge in [-0.15, -0.1) is 9.78 Å². The zero-order valence-electron chi connectivity index (χ0n) is 11.5. The van der Waals surface area contributed by atoms with Crippen LogP contribution in [-0.4, -0.2) is 14.8 Å². The Kier molecular flexibility index (Phi) is 4.10. The number of halogens is 5. The molecule has 0 aliphatic carbocycles. The van der Waals surface area contributed by atoms with Crippen LogP contribution in [0.15, 0.2) is 45.7 Å². The fourth-order valence-electron chi connectivity index (χ4n) is 1.85. The third kappa shape index (κ3) is 3.15. The lowest BCUT2D eigenvalue weighted by atomic mass is 10.2. The zero-order valence-corrected chi connectivity index (χ0v) is 13.0. The van der Waals surface area contributed by atoms with E-state index >= 15 is 0 Å². The molecule has 0 unspecified atom stereocenters. The van der Waals surface area contributed by atoms with Crippen LogP contribution in [0.3, 0.4) is 0 Å². The summed E-state index contributed by atoms with van der Waals surface area (Å²) in [5, 5.41) is 4.45. The van der Waals surface area contributed by atoms with Gasteiger partial charge in [0.25, 0.3) is 0 Å². The summed E-state index contributed by atoms with van der Waals surface area (Å²) in [7, 11) is 0. The van der Waals surface area contributed by atoms with Crippen molar-refractivity contribution in [1.29, 1.82) is 0 Å². The summed E-state index contributed by atoms with van der Waals surface area (Å²) in [6.07, 6.45) is -3.92. The number of pyridine rings is 1. The molecule has 0 N–H and O–H groups in total. The Bertz CT molecular complexity index is 949. The lowest BCUT2D eigenvalue weighted by molar-refractivity contribution is -0.137. The highest BCUT2D eigenvalue weighted by Gasteiger charge is 2.30. The minimum atomic E-state index is -4.52. The first-order valence-corrected chi connectivity index (χ1v) is 7.10. The average Bonchev–Trinajstić information content (AvgIpc) is 2.91. The molecule has 24 heavy (non-hydrogen) atoms. The molecule has 3 rings (SSSR count). The molecule has 0 spiro atoms. The van der Waals surface area contributed by atoms with E-state index in [0.717, 1.165) is 16.8 Å². The third-order valence-electron chi connectivity index (χ3n) is 3.01. The van der Waals surface area contributed by atoms with Crippen molar-refractivity contribution in [3.05, 3.63) is 62.7 Å². The largest absolute Gasteiger partial charge is 0.443 e. The molecule has 0 bridgehead atoms. The van der Waals surface area contributed by atoms with Crippen molar-refractivity contribution in [2.75, 3.05) is 0 Å². The van der Waals surface area contributed by atoms with Crippen LogP contribution < -0.4 is 5.76 Å². The molecule has 0 aliphatic heterocycles. The number of aromatic nitrogens is 3. The Balaban J connectivity index is 2.00. The van der Waals surface area contributed by atoms with E-state index in [-0.39, 0.29) is 16.7 Å². The van der Waals surface area contributed by atoms with Crippen molar-refractivity contribution in [2.45, 2.75) is 6.18 Å². The van der Waals surface area contributed by atoms with Gasteiger partial charge in [-0.3, -0.25) is 0 Å². The van der Waals surface area contributed by atoms with Gasteiger partial charge < -0.3 is 4.42 Å². The molecule has 10 heteroatoms. The van der Waals surface area contributed by atoms with Gasteiger partial charge in [0.05, 0.1) is 15.6 Å². The monoisotopic (exact) mass is 375 g/mol. The summed E-state index contributed by atoms with van der Waals surface area (Å²) in [6.45, 7) is 0. The zero-order chi connectivity index (χ0) is 17.5. The van der Waals surface area contributed by atoms with E-state index in [2.05, 4.69) is 10.1 Å². The fraction of sp³-hybridized carbons (Fsp3) is 0.0714. The highest BCUT2D eigenvalue weighted by atomic mass is 35.5. The molecule has 3 aromatic rings. The molecule has 0 aliphatic rings. The summed E-state index contributed by atoms with van der Waals surface area (Å²) in [5.41, 5.74) is -0.556. The van der Waals surface area contributed by atoms with E-state index in [0.29, 0.717) is 16.8 Å². The summed E-state index contributed by atoms with van der Waals surface area (Å²) in [5.74, 6) is -1.08. The number of alkyl halides is 3. The molecule has 0 saturated heterocycles. The standard InChI is InChI=1S/C14H6Cl2F3N3O2/c15-9-3-1-7(5-10(9)16)12-21-22(13(23)24-12)11-4-2-8(6-20-11)14(17,18)19/h1-6H. The van der Waals surface area contributed by atoms with E-state index < -0.39 is 17.5 Å². The topological polar surface area (TPSA) is 60.9 Å². The summed E-state index contributed by atoms with van der Waals surface area (Å²) in [6, 6.07) is 6.28. The minimum absolute atomic E-state index is 0.0692. The fourth-order valence-corrected chi connectivity index (χ4v) is 2.15. The van der Waals surface area contributed by atoms with Gasteiger partial charge in [-0.2, -0.15) is 13.2 Å². The van der Waals surface area contributed by atoms with Crippen LogP contribution in [0.1, 0.15) is 5.56 Å². The van der Waals surface area contributed by atoms with Crippen molar-refractivity contribution in [1.82, 2.24) is 14.8 Å². The maximum absolute atomic E-state index is 12.5. The molecule has 2 heterocycles. The molecule has 0 atom stereocenters. The number of benzene rings is 1. The highest BCUT2D eigenvalue weighted by Crippen LogP contribution is 2.29. The number of nitrogens with zero attached hydrogens (tertiary/aromatic N) is 3. The van der Waals surface area contributed by atoms with E-state index in [9.17, 15) is 18.0 Å². The highest BCUT2D eigenvalue weighted by molar-refractivity contribution is 6.42. The number of hydrogen-bond acceptors (Lipinski definition) is 4. The lowest BCUT2D eigenvalue weighted by Crippen LogP contribution is -2.15. The van der Waals surface area contributed by atoms with Crippen LogP contribution >= 0.6 is 23.2 Å². The molecular formula is C14H6Cl2F3N3O2. The molecule has 1 aromatic carbocycles. The normalized spacial score (nSPS) is 11.7. The lowest BCUT2D eigenvalue weighted by Gasteiger charge is -2.05. The Hall–Kier alpha value is -2.32. The maximum atomic E-state index is 12.5. The van der Waals surface area contributed by atoms with Crippen molar-refractivity contribution >= 4 is 23.2 Å². The maximum Gasteiger partial charge on any atom is 0.443 e. The van der Waals surface area contributed by atoms with E-state index in [1.807, 2.05) is 0 Å². The molecular weight excluding hydrogens is 370 g/mol. The third-order valence-corrected chi connectivity index (χ3v) is 3.75. The smallest absolute Gasteiger partial charge is 0.387 e. The van der Waals surface area contributed by atoms with Gasteiger partial charge >= 0.3 is 11.9 Å². The Morgan fingerprint density at radius 2 is 1.83 bits per heavy atom. The first-order chi connectivity index (χ1) is 11.3. The summed E-state index contributed by atoms with van der Waals surface area (Å²) in [4.78, 5) is 15.4. The van der Waals surface area contributed by atoms with E-state index in [1.54, 1.807) is 0 Å². The van der Waals surface area contributed by atoms with E-state index in [1.165, 1.54) is 18.2 Å². The summed E-state index contributed by atoms with van der Waals surface area (Å²) >= 11 is 11.7. The van der Waals surface area contributed by atoms with Crippen molar-refractivity contribution < 1.29 is 17.6 Å². The predicted octanol–water partition coefficient (Wildman–Crippen LogP) is 4.21. The van der Waals surface area contributed by atoms with Crippen molar-refractivity contribution in [3.8, 4) is 17.3 Å². The Labute approximate surface area is 142 Å². The second-order valence-corrected chi connectivity index (χ2v) is 5.43. The van der Waals surface area contributed by atoms with Crippen LogP contribution in [0.2, 0.25) is 10.0 Å². The second-order valence-electron chi connectivity index (χ2n) is 4.62. The molecule has 5 nitrogen and oxygen atoms in total. The SMILES string of the molecule is O=c1oc(-c2ccc(Cl)c(Cl)c2)nn1-c1ccc(C(F)(F)F)cn1. The van der Waals surface area contributed by atoms with Crippen LogP contribution in [0, 0.1) is 0 Å². The molecule has 0 saturated carbocycles. The molecule has 0 amide bonds. The Morgan fingerprint density at radius 3 is 2.42 bits per heavy atom. The van der Waals surface area contributed by atoms with Gasteiger partial charge in [-0.05, 0) is 30.3 Å².